The van der Waals surface area contributed by atoms with Crippen molar-refractivity contribution in [2.75, 3.05) is 6.54 Å². The van der Waals surface area contributed by atoms with E-state index in [0.717, 1.165) is 13.0 Å². The number of ketones is 2. The summed E-state index contributed by atoms with van der Waals surface area (Å²) < 4.78 is 0. The number of hydrogen-bond acceptors (Lipinski definition) is 3. The molecule has 0 fully saturated rings. The fraction of sp³-hybridized carbons (Fsp3) is 0.714. The molecule has 1 rings (SSSR count). The van der Waals surface area contributed by atoms with Crippen LogP contribution in [0.1, 0.15) is 90.4 Å². The summed E-state index contributed by atoms with van der Waals surface area (Å²) in [5.74, 6) is -0.202. The molecule has 0 aromatic heterocycles. The molecule has 0 heterocycles. The minimum Gasteiger partial charge on any atom is -0.382 e. The van der Waals surface area contributed by atoms with Gasteiger partial charge in [0.25, 0.3) is 0 Å². The highest BCUT2D eigenvalue weighted by atomic mass is 16.1. The molecule has 136 valence electrons. The maximum atomic E-state index is 11.5. The summed E-state index contributed by atoms with van der Waals surface area (Å²) in [5.41, 5.74) is 0.446. The van der Waals surface area contributed by atoms with Crippen molar-refractivity contribution in [1.29, 1.82) is 0 Å². The van der Waals surface area contributed by atoms with Gasteiger partial charge in [0.05, 0.1) is 5.70 Å². The highest BCUT2D eigenvalue weighted by Crippen LogP contribution is 2.12. The maximum absolute atomic E-state index is 11.5. The summed E-state index contributed by atoms with van der Waals surface area (Å²) in [4.78, 5) is 22.7. The topological polar surface area (TPSA) is 46.2 Å². The van der Waals surface area contributed by atoms with Crippen LogP contribution >= 0.6 is 0 Å². The Morgan fingerprint density at radius 2 is 1.21 bits per heavy atom. The third-order valence-electron chi connectivity index (χ3n) is 4.55. The van der Waals surface area contributed by atoms with Gasteiger partial charge in [0.15, 0.2) is 5.78 Å². The molecule has 0 unspecified atom stereocenters. The average Bonchev–Trinajstić information content (AvgIpc) is 2.58. The van der Waals surface area contributed by atoms with Crippen molar-refractivity contribution in [3.63, 3.8) is 0 Å². The Bertz CT molecular complexity index is 424. The summed E-state index contributed by atoms with van der Waals surface area (Å²) in [6.45, 7) is 3.04. The van der Waals surface area contributed by atoms with E-state index in [2.05, 4.69) is 12.2 Å². The highest BCUT2D eigenvalue weighted by Gasteiger charge is 2.11. The van der Waals surface area contributed by atoms with Gasteiger partial charge in [-0.1, -0.05) is 84.0 Å². The lowest BCUT2D eigenvalue weighted by molar-refractivity contribution is -0.114. The van der Waals surface area contributed by atoms with E-state index in [1.54, 1.807) is 0 Å². The minimum atomic E-state index is -0.109. The van der Waals surface area contributed by atoms with Crippen LogP contribution in [0, 0.1) is 0 Å². The quantitative estimate of drug-likeness (QED) is 0.328. The van der Waals surface area contributed by atoms with Crippen LogP contribution in [0.3, 0.4) is 0 Å². The highest BCUT2D eigenvalue weighted by molar-refractivity contribution is 6.16. The van der Waals surface area contributed by atoms with Gasteiger partial charge in [-0.05, 0) is 18.6 Å². The molecule has 0 bridgehead atoms. The first-order valence-electron chi connectivity index (χ1n) is 9.96. The van der Waals surface area contributed by atoms with Crippen molar-refractivity contribution < 1.29 is 9.59 Å². The lowest BCUT2D eigenvalue weighted by Gasteiger charge is -2.10. The number of rotatable bonds is 15. The molecule has 1 N–H and O–H groups in total. The molecule has 0 aromatic rings. The molecule has 1 aliphatic carbocycles. The van der Waals surface area contributed by atoms with Gasteiger partial charge in [-0.15, -0.1) is 0 Å². The fourth-order valence-electron chi connectivity index (χ4n) is 3.01. The first-order valence-corrected chi connectivity index (χ1v) is 9.96. The van der Waals surface area contributed by atoms with Gasteiger partial charge in [-0.25, -0.2) is 0 Å². The second-order valence-electron chi connectivity index (χ2n) is 6.83. The van der Waals surface area contributed by atoms with Crippen molar-refractivity contribution in [2.45, 2.75) is 90.4 Å². The molecule has 0 amide bonds. The van der Waals surface area contributed by atoms with Crippen LogP contribution in [0.25, 0.3) is 0 Å². The molecular formula is C21H35NO2. The summed E-state index contributed by atoms with van der Waals surface area (Å²) in [7, 11) is 0. The number of carbonyl (C=O) groups is 2. The van der Waals surface area contributed by atoms with Gasteiger partial charge in [0.1, 0.15) is 0 Å². The second-order valence-corrected chi connectivity index (χ2v) is 6.83. The van der Waals surface area contributed by atoms with E-state index in [0.29, 0.717) is 5.70 Å². The van der Waals surface area contributed by atoms with E-state index >= 15 is 0 Å². The molecule has 24 heavy (non-hydrogen) atoms. The van der Waals surface area contributed by atoms with E-state index in [1.807, 2.05) is 0 Å². The van der Waals surface area contributed by atoms with Gasteiger partial charge in [0, 0.05) is 12.6 Å². The molecule has 0 saturated carbocycles. The van der Waals surface area contributed by atoms with E-state index in [9.17, 15) is 9.59 Å². The van der Waals surface area contributed by atoms with Gasteiger partial charge in [-0.2, -0.15) is 0 Å². The summed E-state index contributed by atoms with van der Waals surface area (Å²) >= 11 is 0. The van der Waals surface area contributed by atoms with Gasteiger partial charge >= 0.3 is 0 Å². The third kappa shape index (κ3) is 10.4. The number of carbonyl (C=O) groups excluding carboxylic acids is 2. The van der Waals surface area contributed by atoms with Crippen molar-refractivity contribution in [2.24, 2.45) is 0 Å². The van der Waals surface area contributed by atoms with E-state index < -0.39 is 0 Å². The largest absolute Gasteiger partial charge is 0.382 e. The predicted molar refractivity (Wildman–Crippen MR) is 101 cm³/mol. The molecule has 0 aromatic carbocycles. The standard InChI is InChI=1S/C21H35NO2/c1-2-3-4-5-6-7-8-9-10-11-12-13-14-17-22-20-18-19(23)15-16-21(20)24/h15-16,18,22H,2-14,17H2,1H3. The summed E-state index contributed by atoms with van der Waals surface area (Å²) in [6, 6.07) is 0. The Balaban J connectivity index is 1.83. The van der Waals surface area contributed by atoms with Crippen LogP contribution in [0.4, 0.5) is 0 Å². The van der Waals surface area contributed by atoms with Gasteiger partial charge in [0.2, 0.25) is 5.78 Å². The lowest BCUT2D eigenvalue weighted by atomic mass is 10.0. The number of nitrogens with one attached hydrogen (secondary N) is 1. The van der Waals surface area contributed by atoms with Crippen LogP contribution in [-0.4, -0.2) is 18.1 Å². The van der Waals surface area contributed by atoms with Crippen LogP contribution < -0.4 is 5.32 Å². The summed E-state index contributed by atoms with van der Waals surface area (Å²) in [5, 5.41) is 3.08. The molecule has 3 nitrogen and oxygen atoms in total. The summed E-state index contributed by atoms with van der Waals surface area (Å²) in [6.07, 6.45) is 21.4. The Kier molecular flexibility index (Phi) is 12.1. The Morgan fingerprint density at radius 1 is 0.708 bits per heavy atom. The number of hydrogen-bond donors (Lipinski definition) is 1. The van der Waals surface area contributed by atoms with E-state index in [-0.39, 0.29) is 11.6 Å². The minimum absolute atomic E-state index is 0.0932. The molecule has 0 spiro atoms. The van der Waals surface area contributed by atoms with Gasteiger partial charge in [-0.3, -0.25) is 9.59 Å². The fourth-order valence-corrected chi connectivity index (χ4v) is 3.01. The average molecular weight is 334 g/mol. The van der Waals surface area contributed by atoms with E-state index in [4.69, 9.17) is 0 Å². The number of allylic oxidation sites excluding steroid dienone is 3. The molecule has 0 radical (unpaired) electrons. The zero-order valence-corrected chi connectivity index (χ0v) is 15.4. The van der Waals surface area contributed by atoms with Crippen LogP contribution in [0.5, 0.6) is 0 Å². The molecule has 0 aliphatic heterocycles. The van der Waals surface area contributed by atoms with Crippen molar-refractivity contribution in [3.8, 4) is 0 Å². The molecule has 3 heteroatoms. The van der Waals surface area contributed by atoms with E-state index in [1.165, 1.54) is 95.3 Å². The second kappa shape index (κ2) is 14.0. The Hall–Kier alpha value is -1.38. The van der Waals surface area contributed by atoms with Crippen LogP contribution in [0.2, 0.25) is 0 Å². The zero-order chi connectivity index (χ0) is 17.5. The van der Waals surface area contributed by atoms with Crippen molar-refractivity contribution in [1.82, 2.24) is 5.32 Å². The zero-order valence-electron chi connectivity index (χ0n) is 15.4. The van der Waals surface area contributed by atoms with Gasteiger partial charge < -0.3 is 5.32 Å². The molecule has 0 atom stereocenters. The van der Waals surface area contributed by atoms with Crippen LogP contribution in [-0.2, 0) is 9.59 Å². The third-order valence-corrected chi connectivity index (χ3v) is 4.55. The molecular weight excluding hydrogens is 298 g/mol. The lowest BCUT2D eigenvalue weighted by Crippen LogP contribution is -2.23. The monoisotopic (exact) mass is 333 g/mol. The maximum Gasteiger partial charge on any atom is 0.201 e. The molecule has 0 saturated heterocycles. The Labute approximate surface area is 148 Å². The van der Waals surface area contributed by atoms with Crippen molar-refractivity contribution >= 4 is 11.6 Å². The van der Waals surface area contributed by atoms with Crippen molar-refractivity contribution in [3.05, 3.63) is 23.9 Å². The first kappa shape index (κ1) is 20.7. The van der Waals surface area contributed by atoms with Crippen LogP contribution in [0.15, 0.2) is 23.9 Å². The smallest absolute Gasteiger partial charge is 0.201 e. The predicted octanol–water partition coefficient (Wildman–Crippen LogP) is 5.26. The number of unbranched alkanes of at least 4 members (excludes halogenated alkanes) is 12. The SMILES string of the molecule is CCCCCCCCCCCCCCCNC1=CC(=O)C=CC1=O. The Morgan fingerprint density at radius 3 is 1.75 bits per heavy atom. The first-order chi connectivity index (χ1) is 11.7. The normalized spacial score (nSPS) is 14.1. The molecule has 1 aliphatic rings.